The minimum Gasteiger partial charge on any atom is -0.379 e. The van der Waals surface area contributed by atoms with Gasteiger partial charge in [-0.2, -0.15) is 0 Å². The first-order chi connectivity index (χ1) is 21.7. The monoisotopic (exact) mass is 614 g/mol. The van der Waals surface area contributed by atoms with Gasteiger partial charge < -0.3 is 14.4 Å². The molecule has 0 aliphatic heterocycles. The normalized spacial score (nSPS) is 13.4. The maximum atomic E-state index is 6.21. The van der Waals surface area contributed by atoms with Crippen molar-refractivity contribution < 1.29 is 9.47 Å². The van der Waals surface area contributed by atoms with Crippen LogP contribution in [0.2, 0.25) is 0 Å². The van der Waals surface area contributed by atoms with E-state index < -0.39 is 0 Å². The van der Waals surface area contributed by atoms with Crippen molar-refractivity contribution >= 4 is 0 Å². The molecule has 0 saturated heterocycles. The van der Waals surface area contributed by atoms with Gasteiger partial charge in [-0.25, -0.2) is 0 Å². The number of rotatable bonds is 34. The maximum absolute atomic E-state index is 6.21. The van der Waals surface area contributed by atoms with E-state index in [2.05, 4.69) is 93.6 Å². The quantitative estimate of drug-likeness (QED) is 0.0532. The molecule has 0 aromatic heterocycles. The van der Waals surface area contributed by atoms with Crippen LogP contribution in [-0.4, -0.2) is 51.5 Å². The Hall–Kier alpha value is -1.42. The third-order valence-corrected chi connectivity index (χ3v) is 7.76. The highest BCUT2D eigenvalue weighted by atomic mass is 16.5. The first-order valence-electron chi connectivity index (χ1n) is 18.8. The molecule has 3 heteroatoms. The summed E-state index contributed by atoms with van der Waals surface area (Å²) in [6.45, 7) is 7.82. The van der Waals surface area contributed by atoms with E-state index in [0.717, 1.165) is 58.5 Å². The van der Waals surface area contributed by atoms with Gasteiger partial charge in [-0.3, -0.25) is 0 Å². The summed E-state index contributed by atoms with van der Waals surface area (Å²) in [6.07, 6.45) is 50.8. The van der Waals surface area contributed by atoms with Crippen LogP contribution >= 0.6 is 0 Å². The van der Waals surface area contributed by atoms with Gasteiger partial charge in [0.05, 0.1) is 12.7 Å². The number of nitrogens with zero attached hydrogens (tertiary/aromatic N) is 1. The van der Waals surface area contributed by atoms with Gasteiger partial charge in [-0.15, -0.1) is 0 Å². The van der Waals surface area contributed by atoms with E-state index in [1.807, 2.05) is 0 Å². The molecule has 0 rings (SSSR count). The van der Waals surface area contributed by atoms with E-state index in [-0.39, 0.29) is 6.10 Å². The van der Waals surface area contributed by atoms with Crippen molar-refractivity contribution in [3.05, 3.63) is 60.8 Å². The average Bonchev–Trinajstić information content (AvgIpc) is 3.01. The molecule has 0 heterocycles. The summed E-state index contributed by atoms with van der Waals surface area (Å²) in [4.78, 5) is 2.21. The zero-order valence-electron chi connectivity index (χ0n) is 30.0. The SMILES string of the molecule is CCC=CCC=CCC=CCCCCCCCCOC(COCCCCCCCCC=CCC=CCCCCC)CN(C)C. The Bertz CT molecular complexity index is 691. The van der Waals surface area contributed by atoms with Crippen molar-refractivity contribution in [2.45, 2.75) is 161 Å². The van der Waals surface area contributed by atoms with Gasteiger partial charge in [0.2, 0.25) is 0 Å². The zero-order chi connectivity index (χ0) is 32.0. The second-order valence-corrected chi connectivity index (χ2v) is 12.6. The Balaban J connectivity index is 3.59. The van der Waals surface area contributed by atoms with Gasteiger partial charge in [0.15, 0.2) is 0 Å². The van der Waals surface area contributed by atoms with Crippen molar-refractivity contribution in [2.24, 2.45) is 0 Å². The summed E-state index contributed by atoms with van der Waals surface area (Å²) in [5.74, 6) is 0. The van der Waals surface area contributed by atoms with E-state index in [9.17, 15) is 0 Å². The van der Waals surface area contributed by atoms with E-state index in [1.165, 1.54) is 109 Å². The fourth-order valence-corrected chi connectivity index (χ4v) is 5.12. The molecule has 0 amide bonds. The summed E-state index contributed by atoms with van der Waals surface area (Å²) in [6, 6.07) is 0. The molecule has 0 aliphatic rings. The number of unbranched alkanes of at least 4 members (excludes halogenated alkanes) is 15. The number of likely N-dealkylation sites (N-methyl/N-ethyl adjacent to an activating group) is 1. The molecular weight excluding hydrogens is 538 g/mol. The second kappa shape index (κ2) is 37.8. The van der Waals surface area contributed by atoms with Gasteiger partial charge in [-0.1, -0.05) is 139 Å². The minimum absolute atomic E-state index is 0.184. The van der Waals surface area contributed by atoms with Crippen LogP contribution in [0, 0.1) is 0 Å². The lowest BCUT2D eigenvalue weighted by molar-refractivity contribution is -0.0287. The number of ether oxygens (including phenoxy) is 2. The molecule has 0 spiro atoms. The number of allylic oxidation sites excluding steroid dienone is 10. The molecule has 0 saturated carbocycles. The van der Waals surface area contributed by atoms with Gasteiger partial charge in [0, 0.05) is 19.8 Å². The molecule has 0 radical (unpaired) electrons. The van der Waals surface area contributed by atoms with Crippen molar-refractivity contribution in [3.63, 3.8) is 0 Å². The molecular formula is C41H75NO2. The Kier molecular flexibility index (Phi) is 36.5. The van der Waals surface area contributed by atoms with E-state index in [1.54, 1.807) is 0 Å². The van der Waals surface area contributed by atoms with Crippen molar-refractivity contribution in [1.29, 1.82) is 0 Å². The largest absolute Gasteiger partial charge is 0.379 e. The van der Waals surface area contributed by atoms with Crippen LogP contribution in [0.3, 0.4) is 0 Å². The summed E-state index contributed by atoms with van der Waals surface area (Å²) < 4.78 is 12.2. The lowest BCUT2D eigenvalue weighted by Gasteiger charge is -2.21. The molecule has 1 unspecified atom stereocenters. The highest BCUT2D eigenvalue weighted by molar-refractivity contribution is 4.97. The lowest BCUT2D eigenvalue weighted by atomic mass is 10.1. The molecule has 0 N–H and O–H groups in total. The van der Waals surface area contributed by atoms with Gasteiger partial charge in [0.1, 0.15) is 0 Å². The molecule has 0 aliphatic carbocycles. The van der Waals surface area contributed by atoms with Gasteiger partial charge >= 0.3 is 0 Å². The van der Waals surface area contributed by atoms with Crippen molar-refractivity contribution in [2.75, 3.05) is 40.5 Å². The third kappa shape index (κ3) is 36.8. The third-order valence-electron chi connectivity index (χ3n) is 7.76. The Labute approximate surface area is 276 Å². The topological polar surface area (TPSA) is 21.7 Å². The van der Waals surface area contributed by atoms with E-state index in [4.69, 9.17) is 9.47 Å². The molecule has 44 heavy (non-hydrogen) atoms. The second-order valence-electron chi connectivity index (χ2n) is 12.6. The highest BCUT2D eigenvalue weighted by Crippen LogP contribution is 2.10. The van der Waals surface area contributed by atoms with Crippen LogP contribution in [0.15, 0.2) is 60.8 Å². The standard InChI is InChI=1S/C41H75NO2/c1-5-7-9-11-13-15-17-19-21-23-25-27-29-31-33-35-37-43-40-41(39-42(3)4)44-38-36-34-32-30-28-26-24-22-20-18-16-14-12-10-8-6-2/h8,10,13-16,19-22,41H,5-7,9,11-12,17-18,23-40H2,1-4H3. The van der Waals surface area contributed by atoms with Gasteiger partial charge in [-0.05, 0) is 91.1 Å². The lowest BCUT2D eigenvalue weighted by Crippen LogP contribution is -2.32. The molecule has 1 atom stereocenters. The van der Waals surface area contributed by atoms with E-state index in [0.29, 0.717) is 0 Å². The van der Waals surface area contributed by atoms with Crippen LogP contribution in [-0.2, 0) is 9.47 Å². The Morgan fingerprint density at radius 1 is 0.477 bits per heavy atom. The fourth-order valence-electron chi connectivity index (χ4n) is 5.12. The molecule has 256 valence electrons. The van der Waals surface area contributed by atoms with Gasteiger partial charge in [0.25, 0.3) is 0 Å². The molecule has 0 aromatic carbocycles. The smallest absolute Gasteiger partial charge is 0.0934 e. The molecule has 0 fully saturated rings. The average molecular weight is 614 g/mol. The maximum Gasteiger partial charge on any atom is 0.0934 e. The van der Waals surface area contributed by atoms with Crippen LogP contribution < -0.4 is 0 Å². The van der Waals surface area contributed by atoms with Crippen molar-refractivity contribution in [1.82, 2.24) is 4.90 Å². The van der Waals surface area contributed by atoms with Crippen LogP contribution in [0.4, 0.5) is 0 Å². The van der Waals surface area contributed by atoms with Crippen LogP contribution in [0.5, 0.6) is 0 Å². The summed E-state index contributed by atoms with van der Waals surface area (Å²) >= 11 is 0. The van der Waals surface area contributed by atoms with E-state index >= 15 is 0 Å². The van der Waals surface area contributed by atoms with Crippen molar-refractivity contribution in [3.8, 4) is 0 Å². The highest BCUT2D eigenvalue weighted by Gasteiger charge is 2.10. The predicted molar refractivity (Wildman–Crippen MR) is 198 cm³/mol. The summed E-state index contributed by atoms with van der Waals surface area (Å²) in [5, 5.41) is 0. The molecule has 0 aromatic rings. The predicted octanol–water partition coefficient (Wildman–Crippen LogP) is 12.4. The zero-order valence-corrected chi connectivity index (χ0v) is 30.0. The van der Waals surface area contributed by atoms with Crippen LogP contribution in [0.25, 0.3) is 0 Å². The first kappa shape index (κ1) is 42.6. The number of hydrogen-bond donors (Lipinski definition) is 0. The number of hydrogen-bond acceptors (Lipinski definition) is 3. The molecule has 0 bridgehead atoms. The molecule has 3 nitrogen and oxygen atoms in total. The fraction of sp³-hybridized carbons (Fsp3) is 0.756. The Morgan fingerprint density at radius 2 is 0.909 bits per heavy atom. The Morgan fingerprint density at radius 3 is 1.41 bits per heavy atom. The summed E-state index contributed by atoms with van der Waals surface area (Å²) in [7, 11) is 4.24. The minimum atomic E-state index is 0.184. The van der Waals surface area contributed by atoms with Crippen LogP contribution in [0.1, 0.15) is 155 Å². The summed E-state index contributed by atoms with van der Waals surface area (Å²) in [5.41, 5.74) is 0. The first-order valence-corrected chi connectivity index (χ1v) is 18.8.